The smallest absolute Gasteiger partial charge is 0.390 e. The van der Waals surface area contributed by atoms with Gasteiger partial charge in [-0.15, -0.1) is 0 Å². The van der Waals surface area contributed by atoms with E-state index in [0.717, 1.165) is 0 Å². The first-order chi connectivity index (χ1) is 5.24. The number of rotatable bonds is 3. The molecular weight excluding hydrogens is 181 g/mol. The Morgan fingerprint density at radius 1 is 1.17 bits per heavy atom. The first-order valence-corrected chi connectivity index (χ1v) is 2.76. The van der Waals surface area contributed by atoms with Crippen molar-refractivity contribution in [1.82, 2.24) is 0 Å². The van der Waals surface area contributed by atoms with Gasteiger partial charge in [0.25, 0.3) is 0 Å². The summed E-state index contributed by atoms with van der Waals surface area (Å²) in [6, 6.07) is 0. The lowest BCUT2D eigenvalue weighted by molar-refractivity contribution is -0.174. The van der Waals surface area contributed by atoms with E-state index in [-0.39, 0.29) is 0 Å². The van der Waals surface area contributed by atoms with E-state index in [1.54, 1.807) is 0 Å². The maximum absolute atomic E-state index is 11.5. The zero-order valence-corrected chi connectivity index (χ0v) is 5.63. The molecule has 0 bridgehead atoms. The van der Waals surface area contributed by atoms with Crippen molar-refractivity contribution in [3.8, 4) is 0 Å². The van der Waals surface area contributed by atoms with Gasteiger partial charge in [-0.2, -0.15) is 13.2 Å². The third-order valence-electron chi connectivity index (χ3n) is 1.03. The quantitative estimate of drug-likeness (QED) is 0.637. The van der Waals surface area contributed by atoms with E-state index in [2.05, 4.69) is 0 Å². The molecule has 0 radical (unpaired) electrons. The Balaban J connectivity index is 4.35. The molecule has 0 aliphatic rings. The molecule has 0 aliphatic carbocycles. The average molecular weight is 186 g/mol. The number of carbonyl (C=O) groups is 2. The minimum absolute atomic E-state index is 1.85. The van der Waals surface area contributed by atoms with E-state index in [0.29, 0.717) is 0 Å². The Morgan fingerprint density at radius 3 is 1.58 bits per heavy atom. The van der Waals surface area contributed by atoms with E-state index in [9.17, 15) is 22.8 Å². The Labute approximate surface area is 64.6 Å². The van der Waals surface area contributed by atoms with Crippen LogP contribution in [0.4, 0.5) is 13.2 Å². The predicted octanol–water partition coefficient (Wildman–Crippen LogP) is 0.724. The summed E-state index contributed by atoms with van der Waals surface area (Å²) in [5, 5.41) is 16.1. The highest BCUT2D eigenvalue weighted by molar-refractivity contribution is 5.92. The number of aliphatic carboxylic acids is 2. The van der Waals surface area contributed by atoms with Crippen molar-refractivity contribution in [2.45, 2.75) is 12.6 Å². The van der Waals surface area contributed by atoms with Crippen LogP contribution in [0.5, 0.6) is 0 Å². The SMILES string of the molecule is O=C(O)C(CC(F)(F)F)C(=O)O. The van der Waals surface area contributed by atoms with Gasteiger partial charge in [-0.05, 0) is 0 Å². The highest BCUT2D eigenvalue weighted by atomic mass is 19.4. The molecular formula is C5H5F3O4. The van der Waals surface area contributed by atoms with Crippen LogP contribution in [0.2, 0.25) is 0 Å². The van der Waals surface area contributed by atoms with E-state index >= 15 is 0 Å². The number of carboxylic acids is 2. The molecule has 7 heteroatoms. The van der Waals surface area contributed by atoms with Gasteiger partial charge in [0.2, 0.25) is 0 Å². The van der Waals surface area contributed by atoms with E-state index in [1.165, 1.54) is 0 Å². The Kier molecular flexibility index (Phi) is 3.06. The highest BCUT2D eigenvalue weighted by Gasteiger charge is 2.39. The minimum Gasteiger partial charge on any atom is -0.481 e. The van der Waals surface area contributed by atoms with Crippen LogP contribution in [-0.4, -0.2) is 28.3 Å². The summed E-state index contributed by atoms with van der Waals surface area (Å²) >= 11 is 0. The van der Waals surface area contributed by atoms with Crippen LogP contribution in [0.25, 0.3) is 0 Å². The first-order valence-electron chi connectivity index (χ1n) is 2.76. The molecule has 4 nitrogen and oxygen atoms in total. The fourth-order valence-electron chi connectivity index (χ4n) is 0.512. The average Bonchev–Trinajstić information content (AvgIpc) is 1.79. The van der Waals surface area contributed by atoms with Gasteiger partial charge in [0.05, 0.1) is 6.42 Å². The molecule has 70 valence electrons. The third kappa shape index (κ3) is 3.79. The summed E-state index contributed by atoms with van der Waals surface area (Å²) in [6.07, 6.45) is -6.63. The van der Waals surface area contributed by atoms with Gasteiger partial charge in [-0.3, -0.25) is 9.59 Å². The van der Waals surface area contributed by atoms with Crippen LogP contribution in [-0.2, 0) is 9.59 Å². The lowest BCUT2D eigenvalue weighted by Gasteiger charge is -2.09. The van der Waals surface area contributed by atoms with Gasteiger partial charge in [0, 0.05) is 0 Å². The van der Waals surface area contributed by atoms with Gasteiger partial charge < -0.3 is 10.2 Å². The summed E-state index contributed by atoms with van der Waals surface area (Å²) < 4.78 is 34.5. The molecule has 0 amide bonds. The highest BCUT2D eigenvalue weighted by Crippen LogP contribution is 2.24. The molecule has 0 aromatic heterocycles. The fraction of sp³-hybridized carbons (Fsp3) is 0.600. The van der Waals surface area contributed by atoms with Crippen LogP contribution >= 0.6 is 0 Å². The summed E-state index contributed by atoms with van der Waals surface area (Å²) in [5.74, 6) is -6.38. The van der Waals surface area contributed by atoms with Gasteiger partial charge in [0.1, 0.15) is 0 Å². The molecule has 0 fully saturated rings. The number of hydrogen-bond donors (Lipinski definition) is 2. The van der Waals surface area contributed by atoms with Crippen molar-refractivity contribution in [3.05, 3.63) is 0 Å². The van der Waals surface area contributed by atoms with Gasteiger partial charge in [-0.25, -0.2) is 0 Å². The normalized spacial score (nSPS) is 11.7. The van der Waals surface area contributed by atoms with Crippen molar-refractivity contribution in [2.75, 3.05) is 0 Å². The predicted molar refractivity (Wildman–Crippen MR) is 29.4 cm³/mol. The van der Waals surface area contributed by atoms with Crippen LogP contribution in [0.1, 0.15) is 6.42 Å². The second-order valence-electron chi connectivity index (χ2n) is 2.05. The van der Waals surface area contributed by atoms with E-state index in [4.69, 9.17) is 10.2 Å². The Bertz CT molecular complexity index is 183. The molecule has 0 saturated heterocycles. The van der Waals surface area contributed by atoms with Crippen molar-refractivity contribution in [1.29, 1.82) is 0 Å². The van der Waals surface area contributed by atoms with Gasteiger partial charge in [-0.1, -0.05) is 0 Å². The Morgan fingerprint density at radius 2 is 1.50 bits per heavy atom. The summed E-state index contributed by atoms with van der Waals surface area (Å²) in [5.41, 5.74) is 0. The molecule has 0 saturated carbocycles. The van der Waals surface area contributed by atoms with Crippen LogP contribution in [0, 0.1) is 5.92 Å². The van der Waals surface area contributed by atoms with Crippen molar-refractivity contribution in [2.24, 2.45) is 5.92 Å². The fourth-order valence-corrected chi connectivity index (χ4v) is 0.512. The lowest BCUT2D eigenvalue weighted by atomic mass is 10.1. The van der Waals surface area contributed by atoms with E-state index in [1.807, 2.05) is 0 Å². The van der Waals surface area contributed by atoms with Crippen molar-refractivity contribution < 1.29 is 33.0 Å². The number of hydrogen-bond acceptors (Lipinski definition) is 2. The van der Waals surface area contributed by atoms with E-state index < -0.39 is 30.5 Å². The molecule has 0 spiro atoms. The number of halogens is 3. The standard InChI is InChI=1S/C5H5F3O4/c6-5(7,8)1-2(3(9)10)4(11)12/h2H,1H2,(H,9,10)(H,11,12). The zero-order chi connectivity index (χ0) is 9.94. The summed E-state index contributed by atoms with van der Waals surface area (Å²) in [7, 11) is 0. The van der Waals surface area contributed by atoms with Crippen molar-refractivity contribution in [3.63, 3.8) is 0 Å². The topological polar surface area (TPSA) is 74.6 Å². The van der Waals surface area contributed by atoms with Gasteiger partial charge in [0.15, 0.2) is 5.92 Å². The monoisotopic (exact) mass is 186 g/mol. The molecule has 12 heavy (non-hydrogen) atoms. The largest absolute Gasteiger partial charge is 0.481 e. The second kappa shape index (κ2) is 3.42. The maximum atomic E-state index is 11.5. The first kappa shape index (κ1) is 10.7. The Hall–Kier alpha value is -1.27. The molecule has 0 aromatic carbocycles. The lowest BCUT2D eigenvalue weighted by Crippen LogP contribution is -2.28. The summed E-state index contributed by atoms with van der Waals surface area (Å²) in [6.45, 7) is 0. The van der Waals surface area contributed by atoms with Crippen molar-refractivity contribution >= 4 is 11.9 Å². The number of alkyl halides is 3. The zero-order valence-electron chi connectivity index (χ0n) is 5.63. The molecule has 0 aromatic rings. The van der Waals surface area contributed by atoms with Gasteiger partial charge >= 0.3 is 18.1 Å². The maximum Gasteiger partial charge on any atom is 0.390 e. The molecule has 0 rings (SSSR count). The molecule has 0 unspecified atom stereocenters. The summed E-state index contributed by atoms with van der Waals surface area (Å²) in [4.78, 5) is 19.9. The number of carboxylic acid groups (broad SMARTS) is 2. The molecule has 0 atom stereocenters. The third-order valence-corrected chi connectivity index (χ3v) is 1.03. The second-order valence-corrected chi connectivity index (χ2v) is 2.05. The van der Waals surface area contributed by atoms with Crippen LogP contribution in [0.15, 0.2) is 0 Å². The van der Waals surface area contributed by atoms with Crippen LogP contribution < -0.4 is 0 Å². The molecule has 2 N–H and O–H groups in total. The minimum atomic E-state index is -4.78. The molecule has 0 aliphatic heterocycles. The van der Waals surface area contributed by atoms with Crippen LogP contribution in [0.3, 0.4) is 0 Å². The molecule has 0 heterocycles.